The molecule has 0 aromatic heterocycles. The number of ether oxygens (including phenoxy) is 1. The fourth-order valence-electron chi connectivity index (χ4n) is 3.61. The normalized spacial score (nSPS) is 19.1. The molecule has 1 saturated heterocycles. The molecule has 0 bridgehead atoms. The lowest BCUT2D eigenvalue weighted by molar-refractivity contribution is -0.148. The number of nitrogens with zero attached hydrogens (tertiary/aromatic N) is 1. The van der Waals surface area contributed by atoms with Crippen LogP contribution in [-0.2, 0) is 27.2 Å². The highest BCUT2D eigenvalue weighted by Gasteiger charge is 2.49. The van der Waals surface area contributed by atoms with Crippen molar-refractivity contribution in [3.63, 3.8) is 0 Å². The van der Waals surface area contributed by atoms with Gasteiger partial charge in [0.05, 0.1) is 12.5 Å². The maximum absolute atomic E-state index is 12.5. The highest BCUT2D eigenvalue weighted by molar-refractivity contribution is 6.65. The van der Waals surface area contributed by atoms with Crippen LogP contribution in [0.3, 0.4) is 0 Å². The third-order valence-electron chi connectivity index (χ3n) is 4.98. The first-order valence-corrected chi connectivity index (χ1v) is 14.4. The molecule has 28 heavy (non-hydrogen) atoms. The van der Waals surface area contributed by atoms with Crippen molar-refractivity contribution in [1.82, 2.24) is 4.57 Å². The third-order valence-corrected chi connectivity index (χ3v) is 11.4. The van der Waals surface area contributed by atoms with Crippen molar-refractivity contribution in [3.8, 4) is 0 Å². The lowest BCUT2D eigenvalue weighted by Crippen LogP contribution is -2.56. The first-order valence-electron chi connectivity index (χ1n) is 10.9. The summed E-state index contributed by atoms with van der Waals surface area (Å²) in [5.41, 5.74) is 0.303. The van der Waals surface area contributed by atoms with Gasteiger partial charge in [-0.2, -0.15) is 0 Å². The largest absolute Gasteiger partial charge is 0.465 e. The maximum Gasteiger partial charge on any atom is 0.427 e. The van der Waals surface area contributed by atoms with Crippen LogP contribution in [0.15, 0.2) is 0 Å². The van der Waals surface area contributed by atoms with Crippen LogP contribution in [0.4, 0.5) is 0 Å². The summed E-state index contributed by atoms with van der Waals surface area (Å²) in [5, 5.41) is 0. The van der Waals surface area contributed by atoms with Crippen LogP contribution >= 0.6 is 0 Å². The first kappa shape index (κ1) is 25.7. The predicted octanol–water partition coefficient (Wildman–Crippen LogP) is 2.96. The minimum atomic E-state index is -2.35. The van der Waals surface area contributed by atoms with Gasteiger partial charge >= 0.3 is 24.0 Å². The van der Waals surface area contributed by atoms with E-state index in [1.807, 2.05) is 34.6 Å². The number of carbonyl (C=O) groups is 1. The Labute approximate surface area is 174 Å². The van der Waals surface area contributed by atoms with Crippen molar-refractivity contribution in [1.29, 1.82) is 0 Å². The predicted molar refractivity (Wildman–Crippen MR) is 115 cm³/mol. The van der Waals surface area contributed by atoms with Crippen molar-refractivity contribution < 1.29 is 27.2 Å². The molecule has 0 spiro atoms. The molecule has 1 rings (SSSR count). The molecule has 0 aromatic carbocycles. The molecule has 0 aromatic rings. The molecule has 9 heteroatoms. The van der Waals surface area contributed by atoms with Crippen LogP contribution in [0.5, 0.6) is 0 Å². The molecule has 0 radical (unpaired) electrons. The molecule has 0 saturated carbocycles. The minimum absolute atomic E-state index is 0.152. The van der Waals surface area contributed by atoms with Crippen molar-refractivity contribution in [3.05, 3.63) is 0 Å². The Morgan fingerprint density at radius 2 is 1.64 bits per heavy atom. The molecule has 2 unspecified atom stereocenters. The van der Waals surface area contributed by atoms with Gasteiger partial charge in [0.1, 0.15) is 0 Å². The zero-order valence-corrected chi connectivity index (χ0v) is 20.9. The van der Waals surface area contributed by atoms with Gasteiger partial charge in [-0.15, -0.1) is 0 Å². The molecule has 1 fully saturated rings. The minimum Gasteiger partial charge on any atom is -0.465 e. The van der Waals surface area contributed by atoms with Gasteiger partial charge in [0.15, 0.2) is 0 Å². The molecular weight excluding hydrogens is 394 g/mol. The molecule has 0 N–H and O–H groups in total. The van der Waals surface area contributed by atoms with Crippen LogP contribution in [0, 0.1) is 5.92 Å². The molecular formula is C19H41NO6Si2. The molecule has 2 atom stereocenters. The smallest absolute Gasteiger partial charge is 0.427 e. The van der Waals surface area contributed by atoms with Gasteiger partial charge in [0, 0.05) is 44.6 Å². The average Bonchev–Trinajstić information content (AvgIpc) is 3.03. The van der Waals surface area contributed by atoms with E-state index in [2.05, 4.69) is 11.5 Å². The highest BCUT2D eigenvalue weighted by atomic mass is 28.4. The quantitative estimate of drug-likeness (QED) is 0.289. The number of esters is 1. The number of hydrogen-bond acceptors (Lipinski definition) is 7. The second kappa shape index (κ2) is 13.8. The van der Waals surface area contributed by atoms with Gasteiger partial charge in [0.2, 0.25) is 0 Å². The molecule has 166 valence electrons. The SMILES string of the molecule is CCO[SiH](OCC)C(C)CCOC(=O)C(C)CN1CCC[Si]1(OCC)OCC. The monoisotopic (exact) mass is 435 g/mol. The highest BCUT2D eigenvalue weighted by Crippen LogP contribution is 2.29. The van der Waals surface area contributed by atoms with E-state index < -0.39 is 18.0 Å². The zero-order chi connectivity index (χ0) is 21.0. The molecule has 7 nitrogen and oxygen atoms in total. The van der Waals surface area contributed by atoms with Crippen molar-refractivity contribution >= 4 is 24.0 Å². The van der Waals surface area contributed by atoms with Crippen molar-refractivity contribution in [2.45, 2.75) is 66.0 Å². The molecule has 1 heterocycles. The molecule has 1 aliphatic rings. The van der Waals surface area contributed by atoms with E-state index in [1.165, 1.54) is 0 Å². The second-order valence-electron chi connectivity index (χ2n) is 7.24. The Kier molecular flexibility index (Phi) is 12.7. The van der Waals surface area contributed by atoms with E-state index in [0.717, 1.165) is 25.4 Å². The maximum atomic E-state index is 12.5. The standard InChI is InChI=1S/C19H41NO6Si2/c1-7-23-27(24-8-2)18(6)12-14-22-19(21)17(5)16-20-13-11-15-28(20,25-9-3)26-10-4/h17-18,27H,7-16H2,1-6H3. The van der Waals surface area contributed by atoms with E-state index in [9.17, 15) is 4.79 Å². The first-order chi connectivity index (χ1) is 13.4. The van der Waals surface area contributed by atoms with Gasteiger partial charge in [-0.05, 0) is 47.1 Å². The van der Waals surface area contributed by atoms with Gasteiger partial charge in [-0.1, -0.05) is 13.8 Å². The fourth-order valence-corrected chi connectivity index (χ4v) is 9.04. The molecule has 1 aliphatic heterocycles. The van der Waals surface area contributed by atoms with Crippen LogP contribution in [0.25, 0.3) is 0 Å². The summed E-state index contributed by atoms with van der Waals surface area (Å²) in [7, 11) is -4.06. The van der Waals surface area contributed by atoms with Crippen LogP contribution < -0.4 is 0 Å². The summed E-state index contributed by atoms with van der Waals surface area (Å²) in [6.07, 6.45) is 1.84. The summed E-state index contributed by atoms with van der Waals surface area (Å²) in [4.78, 5) is 12.5. The summed E-state index contributed by atoms with van der Waals surface area (Å²) in [6.45, 7) is 16.6. The van der Waals surface area contributed by atoms with Gasteiger partial charge in [-0.3, -0.25) is 9.36 Å². The van der Waals surface area contributed by atoms with E-state index in [1.54, 1.807) is 0 Å². The second-order valence-corrected chi connectivity index (χ2v) is 12.9. The van der Waals surface area contributed by atoms with Gasteiger partial charge in [-0.25, -0.2) is 0 Å². The van der Waals surface area contributed by atoms with Crippen LogP contribution in [-0.4, -0.2) is 74.7 Å². The lowest BCUT2D eigenvalue weighted by Gasteiger charge is -2.35. The number of carbonyl (C=O) groups excluding carboxylic acids is 1. The van der Waals surface area contributed by atoms with Crippen molar-refractivity contribution in [2.75, 3.05) is 46.1 Å². The number of hydrogen-bond donors (Lipinski definition) is 0. The van der Waals surface area contributed by atoms with Crippen molar-refractivity contribution in [2.24, 2.45) is 5.92 Å². The Balaban J connectivity index is 2.47. The summed E-state index contributed by atoms with van der Waals surface area (Å²) in [6, 6.07) is 0.967. The summed E-state index contributed by atoms with van der Waals surface area (Å²) >= 11 is 0. The number of rotatable bonds is 15. The summed E-state index contributed by atoms with van der Waals surface area (Å²) in [5.74, 6) is -0.353. The van der Waals surface area contributed by atoms with E-state index in [0.29, 0.717) is 45.1 Å². The van der Waals surface area contributed by atoms with E-state index in [-0.39, 0.29) is 11.9 Å². The van der Waals surface area contributed by atoms with Crippen LogP contribution in [0.2, 0.25) is 11.6 Å². The topological polar surface area (TPSA) is 66.5 Å². The van der Waals surface area contributed by atoms with E-state index >= 15 is 0 Å². The summed E-state index contributed by atoms with van der Waals surface area (Å²) < 4.78 is 31.5. The van der Waals surface area contributed by atoms with Crippen LogP contribution in [0.1, 0.15) is 54.4 Å². The fraction of sp³-hybridized carbons (Fsp3) is 0.947. The Morgan fingerprint density at radius 3 is 2.18 bits per heavy atom. The van der Waals surface area contributed by atoms with Gasteiger partial charge < -0.3 is 22.4 Å². The Morgan fingerprint density at radius 1 is 1.04 bits per heavy atom. The third kappa shape index (κ3) is 7.85. The molecule has 0 amide bonds. The zero-order valence-electron chi connectivity index (χ0n) is 18.7. The Hall–Kier alpha value is -0.296. The lowest BCUT2D eigenvalue weighted by atomic mass is 10.2. The van der Waals surface area contributed by atoms with Gasteiger partial charge in [0.25, 0.3) is 0 Å². The Bertz CT molecular complexity index is 431. The average molecular weight is 436 g/mol. The molecule has 0 aliphatic carbocycles. The van der Waals surface area contributed by atoms with E-state index in [4.69, 9.17) is 22.4 Å².